The standard InChI is InChI=1S/C5H5N4O2S/c1-11-9-3(4(6)10)5-7-2-8-12-5/h2,6H,1H3. The van der Waals surface area contributed by atoms with Crippen molar-refractivity contribution in [2.75, 3.05) is 7.11 Å². The first-order valence-electron chi connectivity index (χ1n) is 2.90. The van der Waals surface area contributed by atoms with Gasteiger partial charge < -0.3 is 4.84 Å². The van der Waals surface area contributed by atoms with E-state index in [4.69, 9.17) is 5.73 Å². The van der Waals surface area contributed by atoms with Crippen LogP contribution in [0.25, 0.3) is 0 Å². The molecule has 7 heteroatoms. The van der Waals surface area contributed by atoms with Crippen LogP contribution in [0.3, 0.4) is 0 Å². The normalized spacial score (nSPS) is 11.2. The van der Waals surface area contributed by atoms with Gasteiger partial charge in [-0.2, -0.15) is 4.37 Å². The molecule has 0 fully saturated rings. The van der Waals surface area contributed by atoms with Gasteiger partial charge in [-0.25, -0.2) is 4.98 Å². The second-order valence-electron chi connectivity index (χ2n) is 1.70. The van der Waals surface area contributed by atoms with E-state index in [0.717, 1.165) is 11.5 Å². The smallest absolute Gasteiger partial charge is 0.294 e. The van der Waals surface area contributed by atoms with E-state index in [-0.39, 0.29) is 10.7 Å². The molecule has 0 aromatic carbocycles. The molecule has 1 rings (SSSR count). The number of carbonyl (C=O) groups is 1. The molecule has 1 amide bonds. The number of nitrogens with one attached hydrogen (secondary N) is 1. The van der Waals surface area contributed by atoms with E-state index in [1.807, 2.05) is 0 Å². The van der Waals surface area contributed by atoms with Gasteiger partial charge in [0, 0.05) is 0 Å². The fourth-order valence-corrected chi connectivity index (χ4v) is 1.05. The van der Waals surface area contributed by atoms with Crippen LogP contribution >= 0.6 is 11.5 Å². The molecule has 0 aliphatic carbocycles. The summed E-state index contributed by atoms with van der Waals surface area (Å²) in [6.45, 7) is 0. The largest absolute Gasteiger partial charge is 0.398 e. The Bertz CT molecular complexity index is 294. The van der Waals surface area contributed by atoms with Gasteiger partial charge in [0.25, 0.3) is 5.91 Å². The minimum atomic E-state index is -0.936. The van der Waals surface area contributed by atoms with Crippen LogP contribution in [0, 0.1) is 0 Å². The van der Waals surface area contributed by atoms with Crippen LogP contribution in [0.1, 0.15) is 5.01 Å². The number of carbonyl (C=O) groups excluding carboxylic acids is 1. The zero-order valence-corrected chi connectivity index (χ0v) is 6.96. The summed E-state index contributed by atoms with van der Waals surface area (Å²) in [5.74, 6) is -0.936. The minimum absolute atomic E-state index is 0.125. The molecule has 1 N–H and O–H groups in total. The summed E-state index contributed by atoms with van der Waals surface area (Å²) in [6, 6.07) is 0. The van der Waals surface area contributed by atoms with Gasteiger partial charge in [0.1, 0.15) is 13.4 Å². The fraction of sp³-hybridized carbons (Fsp3) is 0.200. The third-order valence-corrected chi connectivity index (χ3v) is 1.63. The predicted octanol–water partition coefficient (Wildman–Crippen LogP) is -0.302. The number of hydrogen-bond acceptors (Lipinski definition) is 6. The first kappa shape index (κ1) is 8.60. The van der Waals surface area contributed by atoms with E-state index in [1.54, 1.807) is 0 Å². The van der Waals surface area contributed by atoms with Gasteiger partial charge in [0.2, 0.25) is 5.71 Å². The Morgan fingerprint density at radius 3 is 3.00 bits per heavy atom. The number of hydrogen-bond donors (Lipinski definition) is 0. The number of oxime groups is 1. The van der Waals surface area contributed by atoms with Gasteiger partial charge in [0.15, 0.2) is 5.01 Å². The highest BCUT2D eigenvalue weighted by molar-refractivity contribution is 7.08. The Labute approximate surface area is 72.2 Å². The summed E-state index contributed by atoms with van der Waals surface area (Å²) >= 11 is 0.987. The molecule has 12 heavy (non-hydrogen) atoms. The first-order valence-corrected chi connectivity index (χ1v) is 3.67. The lowest BCUT2D eigenvalue weighted by Crippen LogP contribution is -2.16. The van der Waals surface area contributed by atoms with Gasteiger partial charge in [-0.3, -0.25) is 10.5 Å². The summed E-state index contributed by atoms with van der Waals surface area (Å²) in [4.78, 5) is 18.7. The molecule has 0 saturated carbocycles. The zero-order valence-electron chi connectivity index (χ0n) is 6.14. The third kappa shape index (κ3) is 1.76. The Kier molecular flexibility index (Phi) is 2.70. The molecule has 1 heterocycles. The lowest BCUT2D eigenvalue weighted by Gasteiger charge is -1.92. The van der Waals surface area contributed by atoms with E-state index in [2.05, 4.69) is 19.4 Å². The summed E-state index contributed by atoms with van der Waals surface area (Å²) in [5, 5.41) is 3.64. The second-order valence-corrected chi connectivity index (χ2v) is 2.48. The molecule has 0 aliphatic heterocycles. The van der Waals surface area contributed by atoms with Crippen LogP contribution in [0.2, 0.25) is 0 Å². The van der Waals surface area contributed by atoms with E-state index in [9.17, 15) is 4.79 Å². The molecular formula is C5H5N4O2S. The predicted molar refractivity (Wildman–Crippen MR) is 41.6 cm³/mol. The summed E-state index contributed by atoms with van der Waals surface area (Å²) in [7, 11) is 1.30. The van der Waals surface area contributed by atoms with Gasteiger partial charge >= 0.3 is 0 Å². The van der Waals surface area contributed by atoms with Gasteiger partial charge in [0.05, 0.1) is 0 Å². The average molecular weight is 185 g/mol. The zero-order chi connectivity index (χ0) is 8.97. The molecule has 6 nitrogen and oxygen atoms in total. The summed E-state index contributed by atoms with van der Waals surface area (Å²) in [5.41, 5.74) is 6.68. The Balaban J connectivity index is 2.96. The molecule has 0 atom stereocenters. The van der Waals surface area contributed by atoms with Crippen LogP contribution in [0.5, 0.6) is 0 Å². The molecular weight excluding hydrogens is 180 g/mol. The lowest BCUT2D eigenvalue weighted by atomic mass is 10.4. The number of aromatic nitrogens is 2. The Hall–Kier alpha value is -1.50. The van der Waals surface area contributed by atoms with Crippen molar-refractivity contribution in [3.63, 3.8) is 0 Å². The first-order chi connectivity index (χ1) is 5.75. The van der Waals surface area contributed by atoms with Crippen molar-refractivity contribution in [1.82, 2.24) is 15.1 Å². The highest BCUT2D eigenvalue weighted by atomic mass is 32.1. The maximum atomic E-state index is 10.6. The molecule has 1 aromatic heterocycles. The minimum Gasteiger partial charge on any atom is -0.398 e. The van der Waals surface area contributed by atoms with Crippen LogP contribution in [-0.2, 0) is 9.63 Å². The van der Waals surface area contributed by atoms with Gasteiger partial charge in [-0.05, 0) is 11.5 Å². The maximum Gasteiger partial charge on any atom is 0.294 e. The maximum absolute atomic E-state index is 10.6. The van der Waals surface area contributed by atoms with Crippen LogP contribution < -0.4 is 5.73 Å². The van der Waals surface area contributed by atoms with Crippen molar-refractivity contribution in [3.8, 4) is 0 Å². The van der Waals surface area contributed by atoms with E-state index in [0.29, 0.717) is 0 Å². The second kappa shape index (κ2) is 3.77. The highest BCUT2D eigenvalue weighted by Gasteiger charge is 2.15. The topological polar surface area (TPSA) is 88.2 Å². The number of amides is 1. The van der Waals surface area contributed by atoms with Gasteiger partial charge in [-0.15, -0.1) is 0 Å². The summed E-state index contributed by atoms with van der Waals surface area (Å²) < 4.78 is 3.67. The SMILES string of the molecule is CON=C(C([NH])=O)c1ncns1. The van der Waals surface area contributed by atoms with Crippen molar-refractivity contribution >= 4 is 23.2 Å². The van der Waals surface area contributed by atoms with Crippen LogP contribution in [0.15, 0.2) is 11.5 Å². The highest BCUT2D eigenvalue weighted by Crippen LogP contribution is 2.02. The van der Waals surface area contributed by atoms with Crippen molar-refractivity contribution in [2.24, 2.45) is 5.16 Å². The van der Waals surface area contributed by atoms with Crippen molar-refractivity contribution < 1.29 is 9.63 Å². The number of rotatable bonds is 3. The molecule has 0 saturated heterocycles. The average Bonchev–Trinajstić information content (AvgIpc) is 2.51. The molecule has 1 radical (unpaired) electrons. The van der Waals surface area contributed by atoms with Crippen molar-refractivity contribution in [2.45, 2.75) is 0 Å². The summed E-state index contributed by atoms with van der Waals surface area (Å²) in [6.07, 6.45) is 1.29. The molecule has 0 aliphatic rings. The van der Waals surface area contributed by atoms with Gasteiger partial charge in [-0.1, -0.05) is 5.16 Å². The van der Waals surface area contributed by atoms with Crippen LogP contribution in [-0.4, -0.2) is 28.1 Å². The fourth-order valence-electron chi connectivity index (χ4n) is 0.546. The molecule has 0 unspecified atom stereocenters. The van der Waals surface area contributed by atoms with E-state index >= 15 is 0 Å². The number of nitrogens with zero attached hydrogens (tertiary/aromatic N) is 3. The molecule has 0 spiro atoms. The quantitative estimate of drug-likeness (QED) is 0.477. The van der Waals surface area contributed by atoms with Crippen molar-refractivity contribution in [1.29, 1.82) is 0 Å². The molecule has 63 valence electrons. The Morgan fingerprint density at radius 1 is 1.83 bits per heavy atom. The van der Waals surface area contributed by atoms with Crippen molar-refractivity contribution in [3.05, 3.63) is 11.3 Å². The van der Waals surface area contributed by atoms with E-state index in [1.165, 1.54) is 13.4 Å². The molecule has 1 aromatic rings. The molecule has 0 bridgehead atoms. The Morgan fingerprint density at radius 2 is 2.58 bits per heavy atom. The van der Waals surface area contributed by atoms with E-state index < -0.39 is 5.91 Å². The third-order valence-electron chi connectivity index (χ3n) is 0.962. The van der Waals surface area contributed by atoms with Crippen LogP contribution in [0.4, 0.5) is 0 Å². The lowest BCUT2D eigenvalue weighted by molar-refractivity contribution is -0.112. The monoisotopic (exact) mass is 185 g/mol.